The van der Waals surface area contributed by atoms with Gasteiger partial charge < -0.3 is 10.6 Å². The molecule has 4 nitrogen and oxygen atoms in total. The summed E-state index contributed by atoms with van der Waals surface area (Å²) in [5, 5.41) is 5.83. The van der Waals surface area contributed by atoms with Crippen LogP contribution in [0.2, 0.25) is 5.02 Å². The molecule has 0 aromatic heterocycles. The van der Waals surface area contributed by atoms with E-state index in [4.69, 9.17) is 11.6 Å². The molecule has 0 unspecified atom stereocenters. The minimum atomic E-state index is -2.53. The first-order valence-corrected chi connectivity index (χ1v) is 10.4. The van der Waals surface area contributed by atoms with Crippen molar-refractivity contribution in [1.29, 1.82) is 0 Å². The van der Waals surface area contributed by atoms with Crippen LogP contribution in [0, 0.1) is 0 Å². The smallest absolute Gasteiger partial charge is 0.288 e. The van der Waals surface area contributed by atoms with Gasteiger partial charge in [-0.3, -0.25) is 9.59 Å². The lowest BCUT2D eigenvalue weighted by Crippen LogP contribution is -2.30. The molecule has 3 aromatic carbocycles. The number of amides is 2. The molecule has 0 saturated carbocycles. The summed E-state index contributed by atoms with van der Waals surface area (Å²) < 4.78 is 24.9. The van der Waals surface area contributed by atoms with Gasteiger partial charge in [-0.05, 0) is 60.2 Å². The van der Waals surface area contributed by atoms with E-state index in [2.05, 4.69) is 10.6 Å². The van der Waals surface area contributed by atoms with Gasteiger partial charge in [-0.15, -0.1) is 0 Å². The molecule has 0 radical (unpaired) electrons. The Morgan fingerprint density at radius 3 is 2.16 bits per heavy atom. The van der Waals surface area contributed by atoms with Crippen LogP contribution in [-0.4, -0.2) is 17.6 Å². The maximum absolute atomic E-state index is 12.9. The van der Waals surface area contributed by atoms with Crippen molar-refractivity contribution in [2.24, 2.45) is 0 Å². The van der Waals surface area contributed by atoms with E-state index in [1.807, 2.05) is 0 Å². The first kappa shape index (κ1) is 22.5. The van der Waals surface area contributed by atoms with Gasteiger partial charge in [0.15, 0.2) is 0 Å². The fraction of sp³-hybridized carbons (Fsp3) is 0.0435. The number of rotatable bonds is 7. The molecule has 2 amide bonds. The van der Waals surface area contributed by atoms with Gasteiger partial charge in [0.25, 0.3) is 17.6 Å². The average Bonchev–Trinajstić information content (AvgIpc) is 2.76. The molecule has 0 aliphatic rings. The van der Waals surface area contributed by atoms with Gasteiger partial charge in [0.2, 0.25) is 0 Å². The Kier molecular flexibility index (Phi) is 7.81. The van der Waals surface area contributed by atoms with Crippen LogP contribution in [0.15, 0.2) is 89.5 Å². The van der Waals surface area contributed by atoms with Crippen molar-refractivity contribution in [2.45, 2.75) is 10.7 Å². The summed E-state index contributed by atoms with van der Waals surface area (Å²) in [7, 11) is 0. The van der Waals surface area contributed by atoms with Crippen molar-refractivity contribution in [1.82, 2.24) is 5.32 Å². The van der Waals surface area contributed by atoms with Gasteiger partial charge >= 0.3 is 0 Å². The highest BCUT2D eigenvalue weighted by molar-refractivity contribution is 7.99. The predicted octanol–water partition coefficient (Wildman–Crippen LogP) is 6.06. The van der Waals surface area contributed by atoms with E-state index in [1.165, 1.54) is 30.3 Å². The van der Waals surface area contributed by atoms with Gasteiger partial charge in [0.05, 0.1) is 0 Å². The first-order chi connectivity index (χ1) is 14.9. The zero-order valence-corrected chi connectivity index (χ0v) is 17.6. The van der Waals surface area contributed by atoms with Gasteiger partial charge in [0, 0.05) is 21.2 Å². The highest BCUT2D eigenvalue weighted by atomic mass is 35.5. The molecule has 0 spiro atoms. The number of carbonyl (C=O) groups is 2. The largest absolute Gasteiger partial charge is 0.321 e. The van der Waals surface area contributed by atoms with Crippen LogP contribution in [0.1, 0.15) is 15.9 Å². The third-order valence-corrected chi connectivity index (χ3v) is 5.02. The highest BCUT2D eigenvalue weighted by Crippen LogP contribution is 2.26. The molecular weight excluding hydrogens is 442 g/mol. The molecule has 0 heterocycles. The predicted molar refractivity (Wildman–Crippen MR) is 120 cm³/mol. The number of benzene rings is 3. The number of nitrogens with one attached hydrogen (secondary N) is 2. The van der Waals surface area contributed by atoms with Crippen molar-refractivity contribution in [3.8, 4) is 0 Å². The van der Waals surface area contributed by atoms with Crippen LogP contribution in [0.25, 0.3) is 6.08 Å². The molecular formula is C23H17ClF2N2O2S. The molecule has 0 saturated heterocycles. The van der Waals surface area contributed by atoms with Gasteiger partial charge in [-0.25, -0.2) is 0 Å². The summed E-state index contributed by atoms with van der Waals surface area (Å²) in [6.45, 7) is 0. The average molecular weight is 459 g/mol. The van der Waals surface area contributed by atoms with Gasteiger partial charge in [0.1, 0.15) is 5.70 Å². The molecule has 0 bridgehead atoms. The maximum Gasteiger partial charge on any atom is 0.288 e. The van der Waals surface area contributed by atoms with E-state index in [0.717, 1.165) is 0 Å². The Labute approximate surface area is 187 Å². The van der Waals surface area contributed by atoms with Crippen LogP contribution in [-0.2, 0) is 4.79 Å². The number of anilines is 1. The van der Waals surface area contributed by atoms with Crippen molar-refractivity contribution >= 4 is 46.9 Å². The Bertz CT molecular complexity index is 1070. The minimum absolute atomic E-state index is 0.0159. The Morgan fingerprint density at radius 2 is 1.55 bits per heavy atom. The van der Waals surface area contributed by atoms with E-state index >= 15 is 0 Å². The van der Waals surface area contributed by atoms with Crippen molar-refractivity contribution in [3.63, 3.8) is 0 Å². The van der Waals surface area contributed by atoms with Gasteiger partial charge in [-0.2, -0.15) is 8.78 Å². The summed E-state index contributed by atoms with van der Waals surface area (Å²) >= 11 is 6.32. The van der Waals surface area contributed by atoms with Crippen LogP contribution in [0.4, 0.5) is 14.5 Å². The van der Waals surface area contributed by atoms with E-state index < -0.39 is 17.6 Å². The fourth-order valence-corrected chi connectivity index (χ4v) is 3.21. The van der Waals surface area contributed by atoms with E-state index in [0.29, 0.717) is 38.5 Å². The number of thioether (sulfide) groups is 1. The molecule has 2 N–H and O–H groups in total. The SMILES string of the molecule is O=C(Nc1ccc(SC(F)F)cc1)C(=Cc1ccc(Cl)cc1)NC(=O)c1ccccc1. The van der Waals surface area contributed by atoms with Crippen molar-refractivity contribution in [2.75, 3.05) is 5.32 Å². The topological polar surface area (TPSA) is 58.2 Å². The number of halogens is 3. The number of carbonyl (C=O) groups excluding carboxylic acids is 2. The molecule has 8 heteroatoms. The standard InChI is InChI=1S/C23H17ClF2N2O2S/c24-17-8-6-15(7-9-17)14-20(28-21(29)16-4-2-1-3-5-16)22(30)27-18-10-12-19(13-11-18)31-23(25)26/h1-14,23H,(H,27,30)(H,28,29). The number of hydrogen-bond acceptors (Lipinski definition) is 3. The zero-order valence-electron chi connectivity index (χ0n) is 16.0. The number of alkyl halides is 2. The monoisotopic (exact) mass is 458 g/mol. The molecule has 0 aliphatic heterocycles. The maximum atomic E-state index is 12.9. The van der Waals surface area contributed by atoms with Gasteiger partial charge in [-0.1, -0.05) is 53.7 Å². The summed E-state index contributed by atoms with van der Waals surface area (Å²) in [5.74, 6) is -3.53. The van der Waals surface area contributed by atoms with E-state index in [9.17, 15) is 18.4 Å². The van der Waals surface area contributed by atoms with Crippen molar-refractivity contribution < 1.29 is 18.4 Å². The van der Waals surface area contributed by atoms with E-state index in [1.54, 1.807) is 54.6 Å². The summed E-state index contributed by atoms with van der Waals surface area (Å²) in [6, 6.07) is 21.2. The van der Waals surface area contributed by atoms with Crippen LogP contribution in [0.3, 0.4) is 0 Å². The first-order valence-electron chi connectivity index (χ1n) is 9.10. The van der Waals surface area contributed by atoms with Crippen LogP contribution in [0.5, 0.6) is 0 Å². The summed E-state index contributed by atoms with van der Waals surface area (Å²) in [4.78, 5) is 25.8. The third kappa shape index (κ3) is 6.94. The summed E-state index contributed by atoms with van der Waals surface area (Å²) in [6.07, 6.45) is 1.52. The number of hydrogen-bond donors (Lipinski definition) is 2. The molecule has 0 atom stereocenters. The van der Waals surface area contributed by atoms with E-state index in [-0.39, 0.29) is 5.70 Å². The lowest BCUT2D eigenvalue weighted by Gasteiger charge is -2.12. The lowest BCUT2D eigenvalue weighted by molar-refractivity contribution is -0.113. The second-order valence-electron chi connectivity index (χ2n) is 6.29. The van der Waals surface area contributed by atoms with Crippen molar-refractivity contribution in [3.05, 3.63) is 101 Å². The minimum Gasteiger partial charge on any atom is -0.321 e. The molecule has 3 aromatic rings. The lowest BCUT2D eigenvalue weighted by atomic mass is 10.1. The fourth-order valence-electron chi connectivity index (χ4n) is 2.59. The second kappa shape index (κ2) is 10.7. The van der Waals surface area contributed by atoms with Crippen LogP contribution < -0.4 is 10.6 Å². The Balaban J connectivity index is 1.81. The third-order valence-electron chi connectivity index (χ3n) is 4.05. The normalized spacial score (nSPS) is 11.3. The van der Waals surface area contributed by atoms with Crippen LogP contribution >= 0.6 is 23.4 Å². The highest BCUT2D eigenvalue weighted by Gasteiger charge is 2.15. The second-order valence-corrected chi connectivity index (χ2v) is 7.79. The molecule has 3 rings (SSSR count). The zero-order chi connectivity index (χ0) is 22.2. The molecule has 0 fully saturated rings. The Hall–Kier alpha value is -3.16. The summed E-state index contributed by atoms with van der Waals surface area (Å²) in [5.41, 5.74) is 1.47. The molecule has 31 heavy (non-hydrogen) atoms. The molecule has 158 valence electrons. The molecule has 0 aliphatic carbocycles. The quantitative estimate of drug-likeness (QED) is 0.334. The Morgan fingerprint density at radius 1 is 0.903 bits per heavy atom.